The monoisotopic (exact) mass is 429 g/mol. The zero-order chi connectivity index (χ0) is 21.6. The van der Waals surface area contributed by atoms with Crippen LogP contribution in [0.5, 0.6) is 0 Å². The summed E-state index contributed by atoms with van der Waals surface area (Å²) in [7, 11) is 5.87. The Labute approximate surface area is 182 Å². The van der Waals surface area contributed by atoms with Crippen molar-refractivity contribution in [3.63, 3.8) is 0 Å². The minimum absolute atomic E-state index is 0.108. The first-order valence-electron chi connectivity index (χ1n) is 10.2. The molecule has 1 atom stereocenters. The van der Waals surface area contributed by atoms with Crippen LogP contribution in [0, 0.1) is 0 Å². The predicted octanol–water partition coefficient (Wildman–Crippen LogP) is 3.67. The van der Waals surface area contributed by atoms with E-state index in [1.54, 1.807) is 28.8 Å². The molecule has 30 heavy (non-hydrogen) atoms. The molecule has 0 bridgehead atoms. The van der Waals surface area contributed by atoms with E-state index in [1.807, 2.05) is 18.2 Å². The van der Waals surface area contributed by atoms with Crippen LogP contribution in [0.25, 0.3) is 0 Å². The standard InChI is InChI=1S/C22H28ClN5O2/c1-22(25(2)3)11-7-8-12-27(22)14-18(29)28-17-10-6-5-9-16(17)24-21(30)20-19(28)15(23)13-26(20)4/h5-6,9-10,13H,7-8,11-12,14H2,1-4H3,(H,24,30). The summed E-state index contributed by atoms with van der Waals surface area (Å²) in [5, 5.41) is 3.30. The van der Waals surface area contributed by atoms with E-state index in [0.29, 0.717) is 27.8 Å². The Kier molecular flexibility index (Phi) is 5.38. The molecule has 1 aromatic carbocycles. The number of fused-ring (bicyclic) bond motifs is 2. The van der Waals surface area contributed by atoms with Gasteiger partial charge in [0.05, 0.1) is 34.3 Å². The molecule has 2 amide bonds. The number of benzene rings is 1. The van der Waals surface area contributed by atoms with Crippen molar-refractivity contribution in [2.75, 3.05) is 37.4 Å². The van der Waals surface area contributed by atoms with Gasteiger partial charge in [-0.05, 0) is 52.4 Å². The lowest BCUT2D eigenvalue weighted by molar-refractivity contribution is -0.124. The van der Waals surface area contributed by atoms with Gasteiger partial charge in [0.25, 0.3) is 5.91 Å². The van der Waals surface area contributed by atoms with E-state index in [-0.39, 0.29) is 24.0 Å². The Bertz CT molecular complexity index is 1000. The van der Waals surface area contributed by atoms with Gasteiger partial charge < -0.3 is 9.88 Å². The Morgan fingerprint density at radius 1 is 1.27 bits per heavy atom. The number of halogens is 1. The zero-order valence-electron chi connectivity index (χ0n) is 17.9. The first kappa shape index (κ1) is 20.9. The van der Waals surface area contributed by atoms with Crippen LogP contribution in [0.15, 0.2) is 30.5 Å². The van der Waals surface area contributed by atoms with Crippen LogP contribution in [0.4, 0.5) is 17.1 Å². The number of nitrogens with one attached hydrogen (secondary N) is 1. The number of aromatic nitrogens is 1. The van der Waals surface area contributed by atoms with E-state index >= 15 is 0 Å². The lowest BCUT2D eigenvalue weighted by Crippen LogP contribution is -2.60. The number of hydrogen-bond donors (Lipinski definition) is 1. The van der Waals surface area contributed by atoms with Crippen molar-refractivity contribution < 1.29 is 9.59 Å². The number of para-hydroxylation sites is 2. The number of aryl methyl sites for hydroxylation is 1. The summed E-state index contributed by atoms with van der Waals surface area (Å²) in [5.41, 5.74) is 1.84. The SMILES string of the molecule is CN(C)C1(C)CCCCN1CC(=O)N1c2ccccc2NC(=O)c2c1c(Cl)cn2C. The number of hydrogen-bond acceptors (Lipinski definition) is 4. The molecule has 4 rings (SSSR count). The van der Waals surface area contributed by atoms with E-state index in [9.17, 15) is 9.59 Å². The number of amides is 2. The van der Waals surface area contributed by atoms with Crippen molar-refractivity contribution in [3.05, 3.63) is 41.2 Å². The highest BCUT2D eigenvalue weighted by atomic mass is 35.5. The normalized spacial score (nSPS) is 21.8. The fraction of sp³-hybridized carbons (Fsp3) is 0.455. The van der Waals surface area contributed by atoms with E-state index < -0.39 is 0 Å². The average molecular weight is 430 g/mol. The number of piperidine rings is 1. The molecule has 0 spiro atoms. The van der Waals surface area contributed by atoms with Gasteiger partial charge in [-0.15, -0.1) is 0 Å². The number of likely N-dealkylation sites (tertiary alicyclic amines) is 1. The third-order valence-corrected chi connectivity index (χ3v) is 6.77. The van der Waals surface area contributed by atoms with Crippen LogP contribution in [0.3, 0.4) is 0 Å². The van der Waals surface area contributed by atoms with E-state index in [1.165, 1.54) is 0 Å². The lowest BCUT2D eigenvalue weighted by atomic mass is 9.95. The molecule has 1 saturated heterocycles. The molecule has 1 fully saturated rings. The van der Waals surface area contributed by atoms with Gasteiger partial charge in [0.15, 0.2) is 0 Å². The fourth-order valence-electron chi connectivity index (χ4n) is 4.54. The number of carbonyl (C=O) groups is 2. The van der Waals surface area contributed by atoms with Gasteiger partial charge in [-0.2, -0.15) is 0 Å². The fourth-order valence-corrected chi connectivity index (χ4v) is 4.86. The largest absolute Gasteiger partial charge is 0.343 e. The molecule has 1 aromatic heterocycles. The molecular formula is C22H28ClN5O2. The van der Waals surface area contributed by atoms with Crippen LogP contribution in [0.1, 0.15) is 36.7 Å². The maximum absolute atomic E-state index is 13.8. The lowest BCUT2D eigenvalue weighted by Gasteiger charge is -2.49. The average Bonchev–Trinajstić information content (AvgIpc) is 2.90. The molecule has 0 radical (unpaired) electrons. The number of rotatable bonds is 3. The maximum atomic E-state index is 13.8. The van der Waals surface area contributed by atoms with Crippen molar-refractivity contribution >= 4 is 40.5 Å². The van der Waals surface area contributed by atoms with E-state index in [2.05, 4.69) is 36.1 Å². The zero-order valence-corrected chi connectivity index (χ0v) is 18.7. The van der Waals surface area contributed by atoms with Gasteiger partial charge in [-0.3, -0.25) is 24.3 Å². The summed E-state index contributed by atoms with van der Waals surface area (Å²) in [4.78, 5) is 32.7. The first-order chi connectivity index (χ1) is 14.2. The van der Waals surface area contributed by atoms with Gasteiger partial charge in [-0.1, -0.05) is 23.7 Å². The molecule has 2 aliphatic rings. The van der Waals surface area contributed by atoms with Crippen LogP contribution in [-0.2, 0) is 11.8 Å². The van der Waals surface area contributed by atoms with Crippen LogP contribution in [-0.4, -0.2) is 59.0 Å². The van der Waals surface area contributed by atoms with Crippen LogP contribution < -0.4 is 10.2 Å². The van der Waals surface area contributed by atoms with Crippen LogP contribution >= 0.6 is 11.6 Å². The third-order valence-electron chi connectivity index (χ3n) is 6.49. The molecule has 8 heteroatoms. The molecule has 160 valence electrons. The van der Waals surface area contributed by atoms with Gasteiger partial charge in [0.2, 0.25) is 5.91 Å². The third kappa shape index (κ3) is 3.31. The quantitative estimate of drug-likeness (QED) is 0.808. The molecule has 2 aliphatic heterocycles. The van der Waals surface area contributed by atoms with Crippen molar-refractivity contribution in [1.82, 2.24) is 14.4 Å². The summed E-state index contributed by atoms with van der Waals surface area (Å²) >= 11 is 6.54. The molecule has 1 N–H and O–H groups in total. The van der Waals surface area contributed by atoms with Crippen molar-refractivity contribution in [2.24, 2.45) is 7.05 Å². The second-order valence-electron chi connectivity index (χ2n) is 8.48. The van der Waals surface area contributed by atoms with Gasteiger partial charge in [-0.25, -0.2) is 0 Å². The van der Waals surface area contributed by atoms with Gasteiger partial charge in [0, 0.05) is 19.8 Å². The highest BCUT2D eigenvalue weighted by Crippen LogP contribution is 2.43. The number of carbonyl (C=O) groups excluding carboxylic acids is 2. The summed E-state index contributed by atoms with van der Waals surface area (Å²) in [6.07, 6.45) is 4.87. The van der Waals surface area contributed by atoms with Crippen molar-refractivity contribution in [3.8, 4) is 0 Å². The Hall–Kier alpha value is -2.35. The van der Waals surface area contributed by atoms with Gasteiger partial charge >= 0.3 is 0 Å². The molecule has 0 saturated carbocycles. The maximum Gasteiger partial charge on any atom is 0.274 e. The molecule has 7 nitrogen and oxygen atoms in total. The van der Waals surface area contributed by atoms with E-state index in [0.717, 1.165) is 25.8 Å². The predicted molar refractivity (Wildman–Crippen MR) is 119 cm³/mol. The Balaban J connectivity index is 1.79. The number of anilines is 3. The highest BCUT2D eigenvalue weighted by molar-refractivity contribution is 6.36. The summed E-state index contributed by atoms with van der Waals surface area (Å²) < 4.78 is 1.67. The summed E-state index contributed by atoms with van der Waals surface area (Å²) in [5.74, 6) is -0.387. The summed E-state index contributed by atoms with van der Waals surface area (Å²) in [6.45, 7) is 3.27. The number of nitrogens with zero attached hydrogens (tertiary/aromatic N) is 4. The Morgan fingerprint density at radius 2 is 2.00 bits per heavy atom. The molecule has 1 unspecified atom stereocenters. The van der Waals surface area contributed by atoms with Crippen LogP contribution in [0.2, 0.25) is 5.02 Å². The van der Waals surface area contributed by atoms with Crippen molar-refractivity contribution in [1.29, 1.82) is 0 Å². The first-order valence-corrected chi connectivity index (χ1v) is 10.6. The molecule has 0 aliphatic carbocycles. The molecular weight excluding hydrogens is 402 g/mol. The Morgan fingerprint density at radius 3 is 2.73 bits per heavy atom. The second-order valence-corrected chi connectivity index (χ2v) is 8.88. The molecule has 3 heterocycles. The topological polar surface area (TPSA) is 60.8 Å². The summed E-state index contributed by atoms with van der Waals surface area (Å²) in [6, 6.07) is 7.34. The highest BCUT2D eigenvalue weighted by Gasteiger charge is 2.40. The minimum atomic E-state index is -0.279. The van der Waals surface area contributed by atoms with E-state index in [4.69, 9.17) is 11.6 Å². The smallest absolute Gasteiger partial charge is 0.274 e. The molecule has 2 aromatic rings. The van der Waals surface area contributed by atoms with Gasteiger partial charge in [0.1, 0.15) is 5.69 Å². The van der Waals surface area contributed by atoms with Crippen molar-refractivity contribution in [2.45, 2.75) is 31.8 Å². The minimum Gasteiger partial charge on any atom is -0.343 e. The second kappa shape index (κ2) is 7.72.